The Morgan fingerprint density at radius 1 is 1.16 bits per heavy atom. The van der Waals surface area contributed by atoms with E-state index in [1.54, 1.807) is 24.0 Å². The second-order valence-electron chi connectivity index (χ2n) is 5.98. The minimum Gasteiger partial charge on any atom is -0.310 e. The third-order valence-corrected chi connectivity index (χ3v) is 4.64. The Balaban J connectivity index is 1.56. The monoisotopic (exact) mass is 353 g/mol. The van der Waals surface area contributed by atoms with Crippen molar-refractivity contribution in [2.24, 2.45) is 0 Å². The number of hydrogen-bond acceptors (Lipinski definition) is 4. The van der Waals surface area contributed by atoms with E-state index in [1.807, 2.05) is 30.3 Å². The lowest BCUT2D eigenvalue weighted by molar-refractivity contribution is -0.121. The zero-order valence-corrected chi connectivity index (χ0v) is 14.4. The maximum atomic E-state index is 12.9. The SMILES string of the molecule is C[C@H](C(=O)N1CCc2ccccc21)n1nnc(-c2ccc(Cl)cc2)n1. The predicted molar refractivity (Wildman–Crippen MR) is 95.5 cm³/mol. The van der Waals surface area contributed by atoms with Crippen molar-refractivity contribution in [3.63, 3.8) is 0 Å². The average molecular weight is 354 g/mol. The van der Waals surface area contributed by atoms with Crippen molar-refractivity contribution >= 4 is 23.2 Å². The summed E-state index contributed by atoms with van der Waals surface area (Å²) in [6.07, 6.45) is 0.870. The van der Waals surface area contributed by atoms with Crippen LogP contribution in [0.25, 0.3) is 11.4 Å². The number of anilines is 1. The van der Waals surface area contributed by atoms with E-state index < -0.39 is 6.04 Å². The first-order chi connectivity index (χ1) is 12.1. The summed E-state index contributed by atoms with van der Waals surface area (Å²) in [5, 5.41) is 13.1. The van der Waals surface area contributed by atoms with Crippen LogP contribution < -0.4 is 4.90 Å². The van der Waals surface area contributed by atoms with E-state index in [0.717, 1.165) is 17.7 Å². The Morgan fingerprint density at radius 3 is 2.72 bits per heavy atom. The molecule has 0 aliphatic carbocycles. The van der Waals surface area contributed by atoms with Gasteiger partial charge in [0.1, 0.15) is 6.04 Å². The van der Waals surface area contributed by atoms with E-state index in [2.05, 4.69) is 21.5 Å². The standard InChI is InChI=1S/C18H16ClN5O/c1-12(18(25)23-11-10-13-4-2-3-5-16(13)23)24-21-17(20-22-24)14-6-8-15(19)9-7-14/h2-9,12H,10-11H2,1H3/t12-/m1/s1. The van der Waals surface area contributed by atoms with Gasteiger partial charge in [-0.15, -0.1) is 10.2 Å². The Hall–Kier alpha value is -2.73. The van der Waals surface area contributed by atoms with E-state index >= 15 is 0 Å². The molecule has 0 fully saturated rings. The molecule has 2 heterocycles. The number of nitrogens with zero attached hydrogens (tertiary/aromatic N) is 5. The number of hydrogen-bond donors (Lipinski definition) is 0. The Morgan fingerprint density at radius 2 is 1.92 bits per heavy atom. The van der Waals surface area contributed by atoms with E-state index in [1.165, 1.54) is 10.4 Å². The lowest BCUT2D eigenvalue weighted by Gasteiger charge is -2.20. The van der Waals surface area contributed by atoms with E-state index in [4.69, 9.17) is 11.6 Å². The van der Waals surface area contributed by atoms with Gasteiger partial charge in [-0.1, -0.05) is 29.8 Å². The lowest BCUT2D eigenvalue weighted by atomic mass is 10.2. The Kier molecular flexibility index (Phi) is 3.97. The summed E-state index contributed by atoms with van der Waals surface area (Å²) in [7, 11) is 0. The molecule has 2 aromatic carbocycles. The zero-order valence-electron chi connectivity index (χ0n) is 13.6. The van der Waals surface area contributed by atoms with Crippen molar-refractivity contribution in [2.75, 3.05) is 11.4 Å². The van der Waals surface area contributed by atoms with Crippen LogP contribution in [0.2, 0.25) is 5.02 Å². The van der Waals surface area contributed by atoms with Gasteiger partial charge in [-0.2, -0.15) is 4.80 Å². The van der Waals surface area contributed by atoms with Crippen LogP contribution in [-0.4, -0.2) is 32.7 Å². The van der Waals surface area contributed by atoms with Gasteiger partial charge in [-0.25, -0.2) is 0 Å². The minimum atomic E-state index is -0.528. The van der Waals surface area contributed by atoms with Crippen LogP contribution in [0.4, 0.5) is 5.69 Å². The molecule has 7 heteroatoms. The molecule has 0 bridgehead atoms. The summed E-state index contributed by atoms with van der Waals surface area (Å²) < 4.78 is 0. The predicted octanol–water partition coefficient (Wildman–Crippen LogP) is 3.14. The van der Waals surface area contributed by atoms with Crippen molar-refractivity contribution in [3.05, 3.63) is 59.1 Å². The first-order valence-corrected chi connectivity index (χ1v) is 8.46. The molecule has 1 aromatic heterocycles. The number of benzene rings is 2. The van der Waals surface area contributed by atoms with Gasteiger partial charge >= 0.3 is 0 Å². The molecule has 3 aromatic rings. The number of carbonyl (C=O) groups excluding carboxylic acids is 1. The normalized spacial score (nSPS) is 14.4. The fourth-order valence-corrected chi connectivity index (χ4v) is 3.12. The van der Waals surface area contributed by atoms with E-state index in [-0.39, 0.29) is 5.91 Å². The molecule has 1 atom stereocenters. The molecule has 4 rings (SSSR count). The number of para-hydroxylation sites is 1. The summed E-state index contributed by atoms with van der Waals surface area (Å²) >= 11 is 5.90. The van der Waals surface area contributed by atoms with Crippen LogP contribution in [0.5, 0.6) is 0 Å². The van der Waals surface area contributed by atoms with Crippen LogP contribution in [0.15, 0.2) is 48.5 Å². The Labute approximate surface area is 150 Å². The highest BCUT2D eigenvalue weighted by atomic mass is 35.5. The molecule has 0 radical (unpaired) electrons. The fourth-order valence-electron chi connectivity index (χ4n) is 3.00. The zero-order chi connectivity index (χ0) is 17.4. The first-order valence-electron chi connectivity index (χ1n) is 8.08. The Bertz CT molecular complexity index is 921. The van der Waals surface area contributed by atoms with Crippen LogP contribution >= 0.6 is 11.6 Å². The fraction of sp³-hybridized carbons (Fsp3) is 0.222. The van der Waals surface area contributed by atoms with Gasteiger partial charge in [0.25, 0.3) is 5.91 Å². The van der Waals surface area contributed by atoms with E-state index in [9.17, 15) is 4.79 Å². The highest BCUT2D eigenvalue weighted by molar-refractivity contribution is 6.30. The number of rotatable bonds is 3. The summed E-state index contributed by atoms with van der Waals surface area (Å²) in [4.78, 5) is 16.0. The first kappa shape index (κ1) is 15.8. The molecule has 0 spiro atoms. The van der Waals surface area contributed by atoms with Crippen LogP contribution in [0, 0.1) is 0 Å². The highest BCUT2D eigenvalue weighted by Gasteiger charge is 2.29. The van der Waals surface area contributed by atoms with Gasteiger partial charge in [0, 0.05) is 22.8 Å². The molecule has 0 unspecified atom stereocenters. The van der Waals surface area contributed by atoms with Crippen LogP contribution in [0.3, 0.4) is 0 Å². The van der Waals surface area contributed by atoms with Crippen molar-refractivity contribution in [1.82, 2.24) is 20.2 Å². The number of carbonyl (C=O) groups is 1. The summed E-state index contributed by atoms with van der Waals surface area (Å²) in [6.45, 7) is 2.47. The minimum absolute atomic E-state index is 0.0370. The summed E-state index contributed by atoms with van der Waals surface area (Å²) in [5.41, 5.74) is 2.97. The summed E-state index contributed by atoms with van der Waals surface area (Å²) in [5.74, 6) is 0.433. The van der Waals surface area contributed by atoms with Crippen molar-refractivity contribution in [2.45, 2.75) is 19.4 Å². The molecule has 1 aliphatic heterocycles. The molecule has 6 nitrogen and oxygen atoms in total. The van der Waals surface area contributed by atoms with Crippen LogP contribution in [-0.2, 0) is 11.2 Å². The van der Waals surface area contributed by atoms with Gasteiger partial charge in [-0.3, -0.25) is 4.79 Å². The second kappa shape index (κ2) is 6.29. The maximum absolute atomic E-state index is 12.9. The molecule has 0 saturated heterocycles. The third kappa shape index (κ3) is 2.89. The van der Waals surface area contributed by atoms with Gasteiger partial charge in [0.15, 0.2) is 0 Å². The van der Waals surface area contributed by atoms with E-state index in [0.29, 0.717) is 17.4 Å². The van der Waals surface area contributed by atoms with Gasteiger partial charge in [0.2, 0.25) is 5.82 Å². The molecule has 1 aliphatic rings. The molecule has 0 N–H and O–H groups in total. The molecule has 126 valence electrons. The molecule has 25 heavy (non-hydrogen) atoms. The molecular formula is C18H16ClN5O. The largest absolute Gasteiger partial charge is 0.310 e. The number of fused-ring (bicyclic) bond motifs is 1. The molecule has 1 amide bonds. The van der Waals surface area contributed by atoms with Crippen molar-refractivity contribution in [3.8, 4) is 11.4 Å². The number of halogens is 1. The molecule has 0 saturated carbocycles. The second-order valence-corrected chi connectivity index (χ2v) is 6.42. The van der Waals surface area contributed by atoms with Crippen molar-refractivity contribution < 1.29 is 4.79 Å². The van der Waals surface area contributed by atoms with Crippen LogP contribution in [0.1, 0.15) is 18.5 Å². The smallest absolute Gasteiger partial charge is 0.253 e. The number of amides is 1. The molecular weight excluding hydrogens is 338 g/mol. The summed E-state index contributed by atoms with van der Waals surface area (Å²) in [6, 6.07) is 14.6. The lowest BCUT2D eigenvalue weighted by Crippen LogP contribution is -2.35. The number of aromatic nitrogens is 4. The van der Waals surface area contributed by atoms with Crippen molar-refractivity contribution in [1.29, 1.82) is 0 Å². The quantitative estimate of drug-likeness (QED) is 0.725. The van der Waals surface area contributed by atoms with Gasteiger partial charge < -0.3 is 4.90 Å². The topological polar surface area (TPSA) is 63.9 Å². The highest BCUT2D eigenvalue weighted by Crippen LogP contribution is 2.29. The average Bonchev–Trinajstić information content (AvgIpc) is 3.28. The van der Waals surface area contributed by atoms with Gasteiger partial charge in [0.05, 0.1) is 0 Å². The number of tetrazole rings is 1. The maximum Gasteiger partial charge on any atom is 0.253 e. The third-order valence-electron chi connectivity index (χ3n) is 4.39. The van der Waals surface area contributed by atoms with Gasteiger partial charge in [-0.05, 0) is 54.5 Å².